The summed E-state index contributed by atoms with van der Waals surface area (Å²) in [6.45, 7) is 5.13. The number of carboxylic acids is 1. The normalized spacial score (nSPS) is 19.4. The van der Waals surface area contributed by atoms with E-state index in [4.69, 9.17) is 9.84 Å². The fraction of sp³-hybridized carbons (Fsp3) is 0.579. The first kappa shape index (κ1) is 19.2. The summed E-state index contributed by atoms with van der Waals surface area (Å²) in [5.74, 6) is -0.127. The highest BCUT2D eigenvalue weighted by Gasteiger charge is 2.27. The van der Waals surface area contributed by atoms with Crippen LogP contribution in [0.3, 0.4) is 0 Å². The van der Waals surface area contributed by atoms with Crippen molar-refractivity contribution >= 4 is 11.9 Å². The molecule has 2 atom stereocenters. The highest BCUT2D eigenvalue weighted by Crippen LogP contribution is 2.19. The Hall–Kier alpha value is -2.08. The van der Waals surface area contributed by atoms with Gasteiger partial charge in [0.05, 0.1) is 6.54 Å². The molecule has 6 nitrogen and oxygen atoms in total. The first-order chi connectivity index (χ1) is 11.9. The van der Waals surface area contributed by atoms with E-state index in [1.165, 1.54) is 0 Å². The van der Waals surface area contributed by atoms with E-state index in [-0.39, 0.29) is 18.5 Å². The van der Waals surface area contributed by atoms with Crippen LogP contribution in [0.5, 0.6) is 5.75 Å². The quantitative estimate of drug-likeness (QED) is 0.853. The number of amides is 1. The van der Waals surface area contributed by atoms with E-state index in [1.807, 2.05) is 48.0 Å². The summed E-state index contributed by atoms with van der Waals surface area (Å²) in [4.78, 5) is 27.3. The molecule has 0 aromatic heterocycles. The van der Waals surface area contributed by atoms with Crippen LogP contribution in [0.15, 0.2) is 24.3 Å². The van der Waals surface area contributed by atoms with Gasteiger partial charge in [-0.15, -0.1) is 0 Å². The number of carbonyl (C=O) groups is 2. The Balaban J connectivity index is 1.90. The van der Waals surface area contributed by atoms with Gasteiger partial charge in [-0.3, -0.25) is 14.5 Å². The molecule has 0 unspecified atom stereocenters. The highest BCUT2D eigenvalue weighted by molar-refractivity contribution is 5.81. The molecule has 1 fully saturated rings. The van der Waals surface area contributed by atoms with Crippen LogP contribution in [0.1, 0.15) is 31.7 Å². The summed E-state index contributed by atoms with van der Waals surface area (Å²) < 4.78 is 5.80. The SMILES string of the molecule is Cc1cccc(O[C@H](C)C(=O)N2CCC[C@@H](N(C)CC(=O)O)CC2)c1. The topological polar surface area (TPSA) is 70.1 Å². The number of hydrogen-bond donors (Lipinski definition) is 1. The zero-order valence-electron chi connectivity index (χ0n) is 15.3. The van der Waals surface area contributed by atoms with Gasteiger partial charge in [-0.2, -0.15) is 0 Å². The molecule has 2 rings (SSSR count). The van der Waals surface area contributed by atoms with E-state index in [9.17, 15) is 9.59 Å². The third-order valence-corrected chi connectivity index (χ3v) is 4.67. The summed E-state index contributed by atoms with van der Waals surface area (Å²) >= 11 is 0. The molecule has 138 valence electrons. The van der Waals surface area contributed by atoms with Crippen molar-refractivity contribution < 1.29 is 19.4 Å². The number of carbonyl (C=O) groups excluding carboxylic acids is 1. The van der Waals surface area contributed by atoms with Crippen molar-refractivity contribution in [3.05, 3.63) is 29.8 Å². The zero-order valence-corrected chi connectivity index (χ0v) is 15.3. The second kappa shape index (κ2) is 8.85. The zero-order chi connectivity index (χ0) is 18.4. The van der Waals surface area contributed by atoms with Crippen molar-refractivity contribution in [3.63, 3.8) is 0 Å². The van der Waals surface area contributed by atoms with Crippen LogP contribution < -0.4 is 4.74 Å². The first-order valence-corrected chi connectivity index (χ1v) is 8.81. The second-order valence-corrected chi connectivity index (χ2v) is 6.80. The maximum atomic E-state index is 12.7. The molecule has 0 spiro atoms. The Morgan fingerprint density at radius 1 is 1.36 bits per heavy atom. The van der Waals surface area contributed by atoms with Crippen molar-refractivity contribution in [1.29, 1.82) is 0 Å². The Labute approximate surface area is 149 Å². The lowest BCUT2D eigenvalue weighted by Crippen LogP contribution is -2.42. The number of benzene rings is 1. The number of rotatable bonds is 6. The number of likely N-dealkylation sites (tertiary alicyclic amines) is 1. The Morgan fingerprint density at radius 2 is 2.12 bits per heavy atom. The van der Waals surface area contributed by atoms with Crippen molar-refractivity contribution in [2.75, 3.05) is 26.7 Å². The lowest BCUT2D eigenvalue weighted by atomic mass is 10.1. The van der Waals surface area contributed by atoms with Gasteiger partial charge >= 0.3 is 5.97 Å². The number of likely N-dealkylation sites (N-methyl/N-ethyl adjacent to an activating group) is 1. The van der Waals surface area contributed by atoms with E-state index < -0.39 is 12.1 Å². The highest BCUT2D eigenvalue weighted by atomic mass is 16.5. The molecule has 0 saturated carbocycles. The summed E-state index contributed by atoms with van der Waals surface area (Å²) in [5.41, 5.74) is 1.09. The molecule has 0 radical (unpaired) electrons. The van der Waals surface area contributed by atoms with E-state index in [2.05, 4.69) is 0 Å². The molecule has 0 bridgehead atoms. The third kappa shape index (κ3) is 5.74. The van der Waals surface area contributed by atoms with Gasteiger partial charge in [0.1, 0.15) is 5.75 Å². The maximum absolute atomic E-state index is 12.7. The molecule has 1 aromatic rings. The average Bonchev–Trinajstić information content (AvgIpc) is 2.79. The second-order valence-electron chi connectivity index (χ2n) is 6.80. The Bertz CT molecular complexity index is 605. The van der Waals surface area contributed by atoms with Gasteiger partial charge in [-0.25, -0.2) is 0 Å². The van der Waals surface area contributed by atoms with Crippen molar-refractivity contribution in [2.45, 2.75) is 45.3 Å². The van der Waals surface area contributed by atoms with Gasteiger partial charge < -0.3 is 14.7 Å². The van der Waals surface area contributed by atoms with E-state index in [1.54, 1.807) is 6.92 Å². The van der Waals surface area contributed by atoms with Crippen LogP contribution in [0.4, 0.5) is 0 Å². The first-order valence-electron chi connectivity index (χ1n) is 8.81. The number of aryl methyl sites for hydroxylation is 1. The predicted octanol–water partition coefficient (Wildman–Crippen LogP) is 2.16. The van der Waals surface area contributed by atoms with Gasteiger partial charge in [-0.1, -0.05) is 12.1 Å². The van der Waals surface area contributed by atoms with Crippen LogP contribution >= 0.6 is 0 Å². The number of carboxylic acid groups (broad SMARTS) is 1. The summed E-state index contributed by atoms with van der Waals surface area (Å²) in [7, 11) is 1.83. The molecule has 1 heterocycles. The monoisotopic (exact) mass is 348 g/mol. The third-order valence-electron chi connectivity index (χ3n) is 4.67. The van der Waals surface area contributed by atoms with E-state index in [0.717, 1.165) is 24.8 Å². The number of nitrogens with zero attached hydrogens (tertiary/aromatic N) is 2. The van der Waals surface area contributed by atoms with Gasteiger partial charge in [0.15, 0.2) is 6.10 Å². The maximum Gasteiger partial charge on any atom is 0.317 e. The fourth-order valence-electron chi connectivity index (χ4n) is 3.28. The molecule has 1 saturated heterocycles. The van der Waals surface area contributed by atoms with Crippen LogP contribution in [0.25, 0.3) is 0 Å². The van der Waals surface area contributed by atoms with Crippen LogP contribution in [0.2, 0.25) is 0 Å². The number of aliphatic carboxylic acids is 1. The molecule has 1 aliphatic heterocycles. The minimum absolute atomic E-state index is 0.0111. The largest absolute Gasteiger partial charge is 0.481 e. The molecule has 0 aliphatic carbocycles. The Kier molecular flexibility index (Phi) is 6.82. The molecule has 1 aromatic carbocycles. The minimum atomic E-state index is -0.820. The smallest absolute Gasteiger partial charge is 0.317 e. The lowest BCUT2D eigenvalue weighted by molar-refractivity contribution is -0.139. The number of hydrogen-bond acceptors (Lipinski definition) is 4. The van der Waals surface area contributed by atoms with Gasteiger partial charge in [0.25, 0.3) is 5.91 Å². The van der Waals surface area contributed by atoms with Crippen LogP contribution in [-0.2, 0) is 9.59 Å². The van der Waals surface area contributed by atoms with Gasteiger partial charge in [-0.05, 0) is 57.9 Å². The van der Waals surface area contributed by atoms with Crippen LogP contribution in [0, 0.1) is 6.92 Å². The molecule has 1 aliphatic rings. The fourth-order valence-corrected chi connectivity index (χ4v) is 3.28. The van der Waals surface area contributed by atoms with E-state index in [0.29, 0.717) is 18.8 Å². The lowest BCUT2D eigenvalue weighted by Gasteiger charge is -2.26. The predicted molar refractivity (Wildman–Crippen MR) is 95.8 cm³/mol. The number of ether oxygens (including phenoxy) is 1. The standard InChI is InChI=1S/C19H28N2O4/c1-14-6-4-8-17(12-14)25-15(2)19(24)21-10-5-7-16(9-11-21)20(3)13-18(22)23/h4,6,8,12,15-16H,5,7,9-11,13H2,1-3H3,(H,22,23)/t15-,16-/m1/s1. The average molecular weight is 348 g/mol. The van der Waals surface area contributed by atoms with Crippen molar-refractivity contribution in [1.82, 2.24) is 9.80 Å². The van der Waals surface area contributed by atoms with Crippen molar-refractivity contribution in [2.24, 2.45) is 0 Å². The summed E-state index contributed by atoms with van der Waals surface area (Å²) in [6.07, 6.45) is 2.03. The van der Waals surface area contributed by atoms with E-state index >= 15 is 0 Å². The molecular weight excluding hydrogens is 320 g/mol. The minimum Gasteiger partial charge on any atom is -0.481 e. The molecule has 6 heteroatoms. The van der Waals surface area contributed by atoms with Crippen molar-refractivity contribution in [3.8, 4) is 5.75 Å². The van der Waals surface area contributed by atoms with Gasteiger partial charge in [0, 0.05) is 19.1 Å². The summed E-state index contributed by atoms with van der Waals surface area (Å²) in [6, 6.07) is 7.87. The molecule has 1 amide bonds. The summed E-state index contributed by atoms with van der Waals surface area (Å²) in [5, 5.41) is 8.93. The molecular formula is C19H28N2O4. The molecule has 1 N–H and O–H groups in total. The Morgan fingerprint density at radius 3 is 2.80 bits per heavy atom. The molecule has 25 heavy (non-hydrogen) atoms. The van der Waals surface area contributed by atoms with Gasteiger partial charge in [0.2, 0.25) is 0 Å². The van der Waals surface area contributed by atoms with Crippen LogP contribution in [-0.4, -0.2) is 65.6 Å².